The minimum atomic E-state index is -0.494. The quantitative estimate of drug-likeness (QED) is 0.533. The van der Waals surface area contributed by atoms with E-state index in [0.29, 0.717) is 24.5 Å². The van der Waals surface area contributed by atoms with E-state index in [0.717, 1.165) is 0 Å². The first-order valence-electron chi connectivity index (χ1n) is 5.66. The molecule has 1 aromatic rings. The molecule has 2 rings (SSSR count). The van der Waals surface area contributed by atoms with E-state index in [2.05, 4.69) is 20.6 Å². The Bertz CT molecular complexity index is 473. The third-order valence-electron chi connectivity index (χ3n) is 2.92. The van der Waals surface area contributed by atoms with Gasteiger partial charge in [-0.05, 0) is 19.8 Å². The average Bonchev–Trinajstić information content (AvgIpc) is 2.25. The van der Waals surface area contributed by atoms with Gasteiger partial charge in [-0.3, -0.25) is 10.1 Å². The van der Waals surface area contributed by atoms with Crippen LogP contribution in [0, 0.1) is 17.0 Å². The lowest BCUT2D eigenvalue weighted by molar-refractivity contribution is -0.385. The maximum Gasteiger partial charge on any atom is 0.332 e. The lowest BCUT2D eigenvalue weighted by Crippen LogP contribution is -2.39. The predicted molar refractivity (Wildman–Crippen MR) is 65.6 cm³/mol. The fraction of sp³-hybridized carbons (Fsp3) is 0.600. The smallest absolute Gasteiger partial charge is 0.332 e. The Morgan fingerprint density at radius 3 is 2.61 bits per heavy atom. The molecule has 1 heterocycles. The number of hydrogen-bond acceptors (Lipinski definition) is 7. The zero-order chi connectivity index (χ0) is 13.3. The molecule has 0 unspecified atom stereocenters. The van der Waals surface area contributed by atoms with Gasteiger partial charge in [-0.25, -0.2) is 4.98 Å². The highest BCUT2D eigenvalue weighted by atomic mass is 16.6. The summed E-state index contributed by atoms with van der Waals surface area (Å²) in [6.45, 7) is 1.57. The molecule has 0 aliphatic heterocycles. The topological polar surface area (TPSA) is 113 Å². The summed E-state index contributed by atoms with van der Waals surface area (Å²) in [5.41, 5.74) is 0.192. The van der Waals surface area contributed by atoms with Crippen LogP contribution in [0.15, 0.2) is 0 Å². The first kappa shape index (κ1) is 12.5. The van der Waals surface area contributed by atoms with Crippen LogP contribution in [0.2, 0.25) is 0 Å². The second-order valence-electron chi connectivity index (χ2n) is 4.30. The highest BCUT2D eigenvalue weighted by Crippen LogP contribution is 2.30. The van der Waals surface area contributed by atoms with Crippen LogP contribution in [0.1, 0.15) is 18.5 Å². The van der Waals surface area contributed by atoms with Crippen molar-refractivity contribution in [1.29, 1.82) is 0 Å². The molecule has 1 fully saturated rings. The molecule has 0 atom stereocenters. The van der Waals surface area contributed by atoms with Crippen molar-refractivity contribution in [2.24, 2.45) is 0 Å². The Kier molecular flexibility index (Phi) is 3.28. The van der Waals surface area contributed by atoms with Gasteiger partial charge in [0, 0.05) is 13.1 Å². The number of hydrogen-bond donors (Lipinski definition) is 3. The molecule has 0 amide bonds. The normalized spacial score (nSPS) is 22.2. The SMILES string of the molecule is CNc1nc(C)c([N+](=O)[O-])c(NC2CC(O)C2)n1. The van der Waals surface area contributed by atoms with E-state index in [4.69, 9.17) is 0 Å². The molecule has 1 aromatic heterocycles. The first-order valence-corrected chi connectivity index (χ1v) is 5.66. The maximum absolute atomic E-state index is 11.0. The van der Waals surface area contributed by atoms with Gasteiger partial charge in [0.2, 0.25) is 11.8 Å². The van der Waals surface area contributed by atoms with Crippen LogP contribution in [0.5, 0.6) is 0 Å². The summed E-state index contributed by atoms with van der Waals surface area (Å²) in [4.78, 5) is 18.6. The molecule has 1 saturated carbocycles. The highest BCUT2D eigenvalue weighted by Gasteiger charge is 2.31. The van der Waals surface area contributed by atoms with Gasteiger partial charge in [-0.15, -0.1) is 0 Å². The number of nitro groups is 1. The molecule has 0 saturated heterocycles. The van der Waals surface area contributed by atoms with Crippen molar-refractivity contribution in [3.05, 3.63) is 15.8 Å². The summed E-state index contributed by atoms with van der Waals surface area (Å²) in [6.07, 6.45) is 0.831. The van der Waals surface area contributed by atoms with Crippen LogP contribution in [-0.4, -0.2) is 39.2 Å². The monoisotopic (exact) mass is 253 g/mol. The van der Waals surface area contributed by atoms with Gasteiger partial charge < -0.3 is 15.7 Å². The van der Waals surface area contributed by atoms with Gasteiger partial charge in [0.25, 0.3) is 0 Å². The summed E-state index contributed by atoms with van der Waals surface area (Å²) < 4.78 is 0. The molecular weight excluding hydrogens is 238 g/mol. The summed E-state index contributed by atoms with van der Waals surface area (Å²) in [7, 11) is 1.65. The van der Waals surface area contributed by atoms with Crippen molar-refractivity contribution in [3.63, 3.8) is 0 Å². The molecule has 3 N–H and O–H groups in total. The van der Waals surface area contributed by atoms with Crippen molar-refractivity contribution in [3.8, 4) is 0 Å². The van der Waals surface area contributed by atoms with Crippen molar-refractivity contribution < 1.29 is 10.0 Å². The number of aryl methyl sites for hydroxylation is 1. The Balaban J connectivity index is 2.30. The van der Waals surface area contributed by atoms with Crippen LogP contribution < -0.4 is 10.6 Å². The van der Waals surface area contributed by atoms with Gasteiger partial charge in [-0.2, -0.15) is 4.98 Å². The van der Waals surface area contributed by atoms with E-state index >= 15 is 0 Å². The average molecular weight is 253 g/mol. The number of rotatable bonds is 4. The van der Waals surface area contributed by atoms with Crippen LogP contribution in [0.3, 0.4) is 0 Å². The van der Waals surface area contributed by atoms with Gasteiger partial charge in [0.15, 0.2) is 0 Å². The van der Waals surface area contributed by atoms with Crippen molar-refractivity contribution in [1.82, 2.24) is 9.97 Å². The molecule has 8 nitrogen and oxygen atoms in total. The van der Waals surface area contributed by atoms with Crippen molar-refractivity contribution in [2.75, 3.05) is 17.7 Å². The van der Waals surface area contributed by atoms with E-state index in [1.54, 1.807) is 14.0 Å². The molecule has 18 heavy (non-hydrogen) atoms. The van der Waals surface area contributed by atoms with E-state index in [1.165, 1.54) is 0 Å². The fourth-order valence-electron chi connectivity index (χ4n) is 1.90. The first-order chi connectivity index (χ1) is 8.51. The van der Waals surface area contributed by atoms with Crippen LogP contribution >= 0.6 is 0 Å². The van der Waals surface area contributed by atoms with E-state index in [9.17, 15) is 15.2 Å². The van der Waals surface area contributed by atoms with Crippen molar-refractivity contribution >= 4 is 17.5 Å². The van der Waals surface area contributed by atoms with Gasteiger partial charge in [0.05, 0.1) is 11.0 Å². The second kappa shape index (κ2) is 4.73. The van der Waals surface area contributed by atoms with Crippen molar-refractivity contribution in [2.45, 2.75) is 31.9 Å². The van der Waals surface area contributed by atoms with E-state index in [-0.39, 0.29) is 23.7 Å². The maximum atomic E-state index is 11.0. The molecule has 1 aliphatic carbocycles. The van der Waals surface area contributed by atoms with Crippen LogP contribution in [-0.2, 0) is 0 Å². The predicted octanol–water partition coefficient (Wildman–Crippen LogP) is 0.670. The highest BCUT2D eigenvalue weighted by molar-refractivity contribution is 5.61. The zero-order valence-corrected chi connectivity index (χ0v) is 10.2. The van der Waals surface area contributed by atoms with Gasteiger partial charge in [-0.1, -0.05) is 0 Å². The zero-order valence-electron chi connectivity index (χ0n) is 10.2. The van der Waals surface area contributed by atoms with Gasteiger partial charge >= 0.3 is 5.69 Å². The standard InChI is InChI=1S/C10H15N5O3/c1-5-8(15(17)18)9(14-10(11-2)12-5)13-6-3-7(16)4-6/h6-7,16H,3-4H2,1-2H3,(H2,11,12,13,14). The number of aromatic nitrogens is 2. The summed E-state index contributed by atoms with van der Waals surface area (Å²) in [6, 6.07) is 0.0257. The van der Waals surface area contributed by atoms with Gasteiger partial charge in [0.1, 0.15) is 5.69 Å². The molecule has 0 bridgehead atoms. The molecular formula is C10H15N5O3. The number of anilines is 2. The molecule has 0 radical (unpaired) electrons. The third kappa shape index (κ3) is 2.33. The third-order valence-corrected chi connectivity index (χ3v) is 2.92. The fourth-order valence-corrected chi connectivity index (χ4v) is 1.90. The molecule has 8 heteroatoms. The summed E-state index contributed by atoms with van der Waals surface area (Å²) in [5, 5.41) is 26.0. The minimum absolute atomic E-state index is 0.0257. The van der Waals surface area contributed by atoms with Crippen LogP contribution in [0.4, 0.5) is 17.5 Å². The Hall–Kier alpha value is -1.96. The number of nitrogens with zero attached hydrogens (tertiary/aromatic N) is 3. The number of nitrogens with one attached hydrogen (secondary N) is 2. The number of aliphatic hydroxyl groups excluding tert-OH is 1. The Morgan fingerprint density at radius 2 is 2.11 bits per heavy atom. The molecule has 0 spiro atoms. The number of aliphatic hydroxyl groups is 1. The lowest BCUT2D eigenvalue weighted by Gasteiger charge is -2.32. The lowest BCUT2D eigenvalue weighted by atomic mass is 9.89. The second-order valence-corrected chi connectivity index (χ2v) is 4.30. The molecule has 1 aliphatic rings. The summed E-state index contributed by atoms with van der Waals surface area (Å²) >= 11 is 0. The van der Waals surface area contributed by atoms with Crippen LogP contribution in [0.25, 0.3) is 0 Å². The largest absolute Gasteiger partial charge is 0.393 e. The van der Waals surface area contributed by atoms with E-state index < -0.39 is 4.92 Å². The Morgan fingerprint density at radius 1 is 1.44 bits per heavy atom. The minimum Gasteiger partial charge on any atom is -0.393 e. The van der Waals surface area contributed by atoms with E-state index in [1.807, 2.05) is 0 Å². The molecule has 0 aromatic carbocycles. The summed E-state index contributed by atoms with van der Waals surface area (Å²) in [5.74, 6) is 0.536. The molecule has 98 valence electrons. The Labute approximate surface area is 104 Å².